The fraction of sp³-hybridized carbons (Fsp3) is 0.200. The lowest BCUT2D eigenvalue weighted by Gasteiger charge is -2.08. The molecule has 0 aliphatic heterocycles. The molecule has 2 aromatic carbocycles. The number of nitrogens with one attached hydrogen (secondary N) is 2. The molecule has 0 bridgehead atoms. The Balaban J connectivity index is 2.00. The number of nitrogens with zero attached hydrogens (tertiary/aromatic N) is 2. The van der Waals surface area contributed by atoms with Gasteiger partial charge in [-0.3, -0.25) is 9.89 Å². The van der Waals surface area contributed by atoms with Crippen LogP contribution < -0.4 is 10.9 Å². The summed E-state index contributed by atoms with van der Waals surface area (Å²) >= 11 is 6.16. The molecule has 0 amide bonds. The molecular weight excluding hydrogens is 367 g/mol. The first-order valence-electron chi connectivity index (χ1n) is 8.82. The van der Waals surface area contributed by atoms with Crippen molar-refractivity contribution in [3.8, 4) is 5.69 Å². The van der Waals surface area contributed by atoms with Gasteiger partial charge in [-0.25, -0.2) is 14.1 Å². The lowest BCUT2D eigenvalue weighted by atomic mass is 10.1. The fourth-order valence-corrected chi connectivity index (χ4v) is 3.29. The third kappa shape index (κ3) is 3.17. The first-order chi connectivity index (χ1) is 13.1. The number of fused-ring (bicyclic) bond motifs is 3. The molecule has 138 valence electrons. The molecule has 27 heavy (non-hydrogen) atoms. The monoisotopic (exact) mass is 384 g/mol. The molecule has 5 nitrogen and oxygen atoms in total. The van der Waals surface area contributed by atoms with Gasteiger partial charge in [0.2, 0.25) is 0 Å². The number of anilines is 1. The van der Waals surface area contributed by atoms with E-state index in [-0.39, 0.29) is 11.4 Å². The topological polar surface area (TPSA) is 62.7 Å². The third-order valence-electron chi connectivity index (χ3n) is 4.50. The van der Waals surface area contributed by atoms with E-state index in [0.29, 0.717) is 27.4 Å². The summed E-state index contributed by atoms with van der Waals surface area (Å²) in [6.07, 6.45) is 2.00. The number of unbranched alkanes of at least 4 members (excludes halogenated alkanes) is 1. The average molecular weight is 385 g/mol. The van der Waals surface area contributed by atoms with E-state index in [0.717, 1.165) is 30.3 Å². The number of rotatable bonds is 5. The van der Waals surface area contributed by atoms with E-state index in [1.165, 1.54) is 16.8 Å². The van der Waals surface area contributed by atoms with Gasteiger partial charge >= 0.3 is 0 Å². The number of aromatic amines is 1. The van der Waals surface area contributed by atoms with Crippen molar-refractivity contribution < 1.29 is 4.39 Å². The summed E-state index contributed by atoms with van der Waals surface area (Å²) in [4.78, 5) is 17.8. The van der Waals surface area contributed by atoms with Gasteiger partial charge in [0.25, 0.3) is 5.56 Å². The summed E-state index contributed by atoms with van der Waals surface area (Å²) in [5, 5.41) is 8.20. The summed E-state index contributed by atoms with van der Waals surface area (Å²) in [5.41, 5.74) is 1.69. The van der Waals surface area contributed by atoms with E-state index in [4.69, 9.17) is 11.6 Å². The minimum Gasteiger partial charge on any atom is -0.369 e. The Morgan fingerprint density at radius 3 is 2.74 bits per heavy atom. The molecule has 0 aliphatic carbocycles. The molecule has 0 radical (unpaired) electrons. The Labute approximate surface area is 159 Å². The number of H-pyrrole nitrogens is 1. The zero-order valence-electron chi connectivity index (χ0n) is 14.7. The SMILES string of the molecule is CCCCNc1nc2ccc(Cl)cc2c2[nH]n(-c3ccc(F)cc3)c(=O)c12. The van der Waals surface area contributed by atoms with Crippen LogP contribution in [0.1, 0.15) is 19.8 Å². The van der Waals surface area contributed by atoms with Crippen LogP contribution in [-0.2, 0) is 0 Å². The van der Waals surface area contributed by atoms with Crippen molar-refractivity contribution in [1.82, 2.24) is 14.8 Å². The van der Waals surface area contributed by atoms with Gasteiger partial charge in [0, 0.05) is 17.0 Å². The van der Waals surface area contributed by atoms with E-state index in [9.17, 15) is 9.18 Å². The van der Waals surface area contributed by atoms with Crippen molar-refractivity contribution in [3.05, 3.63) is 63.7 Å². The molecule has 7 heteroatoms. The van der Waals surface area contributed by atoms with E-state index < -0.39 is 0 Å². The molecule has 0 spiro atoms. The minimum atomic E-state index is -0.358. The van der Waals surface area contributed by atoms with Crippen LogP contribution in [0.3, 0.4) is 0 Å². The molecule has 2 heterocycles. The molecule has 4 aromatic rings. The van der Waals surface area contributed by atoms with Crippen molar-refractivity contribution in [2.45, 2.75) is 19.8 Å². The van der Waals surface area contributed by atoms with Crippen LogP contribution in [0, 0.1) is 5.82 Å². The molecule has 0 saturated heterocycles. The predicted octanol–water partition coefficient (Wildman–Crippen LogP) is 4.87. The largest absolute Gasteiger partial charge is 0.369 e. The molecule has 0 unspecified atom stereocenters. The summed E-state index contributed by atoms with van der Waals surface area (Å²) < 4.78 is 14.7. The molecule has 0 aliphatic rings. The fourth-order valence-electron chi connectivity index (χ4n) is 3.12. The van der Waals surface area contributed by atoms with Crippen LogP contribution in [0.2, 0.25) is 5.02 Å². The number of aromatic nitrogens is 3. The smallest absolute Gasteiger partial charge is 0.282 e. The molecule has 2 N–H and O–H groups in total. The van der Waals surface area contributed by atoms with Gasteiger partial charge in [-0.05, 0) is 48.9 Å². The van der Waals surface area contributed by atoms with Crippen LogP contribution in [-0.4, -0.2) is 21.3 Å². The summed E-state index contributed by atoms with van der Waals surface area (Å²) in [6, 6.07) is 11.1. The Hall–Kier alpha value is -2.86. The van der Waals surface area contributed by atoms with Crippen LogP contribution >= 0.6 is 11.6 Å². The lowest BCUT2D eigenvalue weighted by Crippen LogP contribution is -2.15. The standard InChI is InChI=1S/C20H18ClFN4O/c1-2-3-10-23-19-17-18(15-11-12(21)4-9-16(15)24-19)25-26(20(17)27)14-7-5-13(22)6-8-14/h4-9,11,25H,2-3,10H2,1H3,(H,23,24). The normalized spacial score (nSPS) is 11.4. The van der Waals surface area contributed by atoms with Gasteiger partial charge in [0.05, 0.1) is 16.7 Å². The highest BCUT2D eigenvalue weighted by Crippen LogP contribution is 2.28. The van der Waals surface area contributed by atoms with Gasteiger partial charge in [0.15, 0.2) is 0 Å². The first kappa shape index (κ1) is 17.5. The van der Waals surface area contributed by atoms with E-state index >= 15 is 0 Å². The zero-order chi connectivity index (χ0) is 19.0. The number of pyridine rings is 1. The summed E-state index contributed by atoms with van der Waals surface area (Å²) in [5.74, 6) is 0.180. The highest BCUT2D eigenvalue weighted by Gasteiger charge is 2.17. The highest BCUT2D eigenvalue weighted by molar-refractivity contribution is 6.31. The van der Waals surface area contributed by atoms with E-state index in [1.54, 1.807) is 24.3 Å². The molecule has 0 atom stereocenters. The molecule has 4 rings (SSSR count). The van der Waals surface area contributed by atoms with Crippen molar-refractivity contribution in [2.24, 2.45) is 0 Å². The van der Waals surface area contributed by atoms with Gasteiger partial charge in [-0.2, -0.15) is 0 Å². The Kier molecular flexibility index (Phi) is 4.58. The maximum Gasteiger partial charge on any atom is 0.282 e. The minimum absolute atomic E-state index is 0.245. The summed E-state index contributed by atoms with van der Waals surface area (Å²) in [6.45, 7) is 2.82. The number of benzene rings is 2. The number of hydrogen-bond acceptors (Lipinski definition) is 3. The predicted molar refractivity (Wildman–Crippen MR) is 108 cm³/mol. The Bertz CT molecular complexity index is 1180. The third-order valence-corrected chi connectivity index (χ3v) is 4.73. The van der Waals surface area contributed by atoms with Crippen LogP contribution in [0.15, 0.2) is 47.3 Å². The Morgan fingerprint density at radius 1 is 1.22 bits per heavy atom. The van der Waals surface area contributed by atoms with Crippen molar-refractivity contribution in [1.29, 1.82) is 0 Å². The van der Waals surface area contributed by atoms with E-state index in [2.05, 4.69) is 22.3 Å². The van der Waals surface area contributed by atoms with Crippen molar-refractivity contribution in [3.63, 3.8) is 0 Å². The molecule has 2 aromatic heterocycles. The maximum absolute atomic E-state index is 13.3. The van der Waals surface area contributed by atoms with Crippen molar-refractivity contribution >= 4 is 39.2 Å². The van der Waals surface area contributed by atoms with Crippen LogP contribution in [0.4, 0.5) is 10.2 Å². The van der Waals surface area contributed by atoms with Gasteiger partial charge in [0.1, 0.15) is 17.0 Å². The second-order valence-electron chi connectivity index (χ2n) is 6.38. The van der Waals surface area contributed by atoms with Crippen molar-refractivity contribution in [2.75, 3.05) is 11.9 Å². The average Bonchev–Trinajstić information content (AvgIpc) is 3.01. The molecule has 0 saturated carbocycles. The number of hydrogen-bond donors (Lipinski definition) is 2. The number of halogens is 2. The lowest BCUT2D eigenvalue weighted by molar-refractivity contribution is 0.627. The molecular formula is C20H18ClFN4O. The van der Waals surface area contributed by atoms with Gasteiger partial charge in [-0.15, -0.1) is 0 Å². The second kappa shape index (κ2) is 7.04. The quantitative estimate of drug-likeness (QED) is 0.482. The first-order valence-corrected chi connectivity index (χ1v) is 9.20. The van der Waals surface area contributed by atoms with Gasteiger partial charge in [-0.1, -0.05) is 24.9 Å². The Morgan fingerprint density at radius 2 is 2.00 bits per heavy atom. The highest BCUT2D eigenvalue weighted by atomic mass is 35.5. The van der Waals surface area contributed by atoms with Crippen LogP contribution in [0.5, 0.6) is 0 Å². The zero-order valence-corrected chi connectivity index (χ0v) is 15.5. The second-order valence-corrected chi connectivity index (χ2v) is 6.82. The van der Waals surface area contributed by atoms with Gasteiger partial charge < -0.3 is 5.32 Å². The summed E-state index contributed by atoms with van der Waals surface area (Å²) in [7, 11) is 0. The molecule has 0 fully saturated rings. The van der Waals surface area contributed by atoms with Crippen LogP contribution in [0.25, 0.3) is 27.5 Å². The maximum atomic E-state index is 13.3. The van der Waals surface area contributed by atoms with E-state index in [1.807, 2.05) is 6.07 Å².